The molecule has 0 saturated carbocycles. The predicted octanol–water partition coefficient (Wildman–Crippen LogP) is 3.11. The second-order valence-corrected chi connectivity index (χ2v) is 5.28. The molecule has 0 aliphatic carbocycles. The van der Waals surface area contributed by atoms with Gasteiger partial charge in [0.2, 0.25) is 0 Å². The lowest BCUT2D eigenvalue weighted by molar-refractivity contribution is 0.0255. The zero-order valence-corrected chi connectivity index (χ0v) is 11.9. The summed E-state index contributed by atoms with van der Waals surface area (Å²) in [5, 5.41) is 17.7. The third kappa shape index (κ3) is 4.76. The maximum Gasteiger partial charge on any atom is 0.420 e. The topological polar surface area (TPSA) is 90.6 Å². The van der Waals surface area contributed by atoms with E-state index in [9.17, 15) is 14.0 Å². The van der Waals surface area contributed by atoms with E-state index >= 15 is 0 Å². The number of hydrogen-bond donors (Lipinski definition) is 1. The quantitative estimate of drug-likeness (QED) is 0.905. The third-order valence-electron chi connectivity index (χ3n) is 2.34. The van der Waals surface area contributed by atoms with Crippen molar-refractivity contribution in [3.63, 3.8) is 0 Å². The third-order valence-corrected chi connectivity index (χ3v) is 2.34. The Balaban J connectivity index is 2.94. The molecule has 1 N–H and O–H groups in total. The Bertz CT molecular complexity index is 602. The first-order valence-corrected chi connectivity index (χ1v) is 6.06. The molecule has 0 aromatic heterocycles. The lowest BCUT2D eigenvalue weighted by atomic mass is 10.1. The average Bonchev–Trinajstić information content (AvgIpc) is 2.33. The van der Waals surface area contributed by atoms with Crippen LogP contribution < -0.4 is 0 Å². The highest BCUT2D eigenvalue weighted by Gasteiger charge is 2.27. The molecule has 0 saturated heterocycles. The van der Waals surface area contributed by atoms with Crippen LogP contribution in [0.1, 0.15) is 31.9 Å². The Morgan fingerprint density at radius 1 is 1.43 bits per heavy atom. The second kappa shape index (κ2) is 6.22. The minimum atomic E-state index is -1.51. The molecule has 1 aromatic carbocycles. The number of nitriles is 1. The molecule has 0 bridgehead atoms. The van der Waals surface area contributed by atoms with Crippen LogP contribution in [0.3, 0.4) is 0 Å². The lowest BCUT2D eigenvalue weighted by Crippen LogP contribution is -2.39. The van der Waals surface area contributed by atoms with Crippen LogP contribution in [-0.2, 0) is 11.3 Å². The molecular weight excluding hydrogens is 279 g/mol. The van der Waals surface area contributed by atoms with Gasteiger partial charge in [-0.15, -0.1) is 0 Å². The molecule has 0 radical (unpaired) electrons. The zero-order valence-electron chi connectivity index (χ0n) is 11.9. The van der Waals surface area contributed by atoms with E-state index in [1.165, 1.54) is 12.1 Å². The molecule has 0 fully saturated rings. The normalized spacial score (nSPS) is 10.6. The number of imide groups is 1. The van der Waals surface area contributed by atoms with Crippen LogP contribution in [0.5, 0.6) is 0 Å². The fourth-order valence-corrected chi connectivity index (χ4v) is 1.46. The molecule has 21 heavy (non-hydrogen) atoms. The van der Waals surface area contributed by atoms with E-state index in [-0.39, 0.29) is 17.7 Å². The highest BCUT2D eigenvalue weighted by atomic mass is 19.1. The molecule has 2 amide bonds. The fourth-order valence-electron chi connectivity index (χ4n) is 1.46. The van der Waals surface area contributed by atoms with Crippen LogP contribution in [0.4, 0.5) is 14.0 Å². The monoisotopic (exact) mass is 294 g/mol. The number of carbonyl (C=O) groups excluding carboxylic acids is 1. The van der Waals surface area contributed by atoms with E-state index in [1.54, 1.807) is 26.8 Å². The molecule has 1 rings (SSSR count). The van der Waals surface area contributed by atoms with Gasteiger partial charge in [-0.2, -0.15) is 5.26 Å². The van der Waals surface area contributed by atoms with Crippen molar-refractivity contribution >= 4 is 12.2 Å². The highest BCUT2D eigenvalue weighted by Crippen LogP contribution is 2.15. The maximum absolute atomic E-state index is 13.5. The van der Waals surface area contributed by atoms with Gasteiger partial charge in [0, 0.05) is 0 Å². The Morgan fingerprint density at radius 2 is 2.05 bits per heavy atom. The molecule has 0 aliphatic heterocycles. The summed E-state index contributed by atoms with van der Waals surface area (Å²) in [7, 11) is 0. The van der Waals surface area contributed by atoms with Gasteiger partial charge in [-0.05, 0) is 38.5 Å². The van der Waals surface area contributed by atoms with Crippen molar-refractivity contribution in [2.24, 2.45) is 0 Å². The molecule has 0 atom stereocenters. The number of carbonyl (C=O) groups is 2. The maximum atomic E-state index is 13.5. The largest absolute Gasteiger partial charge is 0.465 e. The van der Waals surface area contributed by atoms with Crippen LogP contribution in [0.15, 0.2) is 18.2 Å². The van der Waals surface area contributed by atoms with Crippen molar-refractivity contribution < 1.29 is 23.8 Å². The standard InChI is InChI=1S/C14H15FN2O4/c1-14(2,3)21-13(20)17(12(18)19)8-9-4-5-10(7-16)11(15)6-9/h4-6H,8H2,1-3H3,(H,18,19). The molecule has 0 aliphatic rings. The van der Waals surface area contributed by atoms with Gasteiger partial charge < -0.3 is 9.84 Å². The summed E-state index contributed by atoms with van der Waals surface area (Å²) in [5.41, 5.74) is -0.765. The summed E-state index contributed by atoms with van der Waals surface area (Å²) in [6.07, 6.45) is -2.55. The van der Waals surface area contributed by atoms with E-state index < -0.39 is 23.6 Å². The molecule has 7 heteroatoms. The van der Waals surface area contributed by atoms with Gasteiger partial charge in [-0.25, -0.2) is 18.9 Å². The zero-order chi connectivity index (χ0) is 16.2. The number of benzene rings is 1. The van der Waals surface area contributed by atoms with E-state index in [2.05, 4.69) is 0 Å². The van der Waals surface area contributed by atoms with Gasteiger partial charge in [0.15, 0.2) is 0 Å². The van der Waals surface area contributed by atoms with Gasteiger partial charge >= 0.3 is 12.2 Å². The van der Waals surface area contributed by atoms with Gasteiger partial charge in [-0.3, -0.25) is 0 Å². The first kappa shape index (κ1) is 16.4. The summed E-state index contributed by atoms with van der Waals surface area (Å²) < 4.78 is 18.4. The second-order valence-electron chi connectivity index (χ2n) is 5.28. The number of nitrogens with zero attached hydrogens (tertiary/aromatic N) is 2. The van der Waals surface area contributed by atoms with E-state index in [0.29, 0.717) is 4.90 Å². The van der Waals surface area contributed by atoms with Crippen molar-refractivity contribution in [3.8, 4) is 6.07 Å². The van der Waals surface area contributed by atoms with E-state index in [0.717, 1.165) is 6.07 Å². The fraction of sp³-hybridized carbons (Fsp3) is 0.357. The van der Waals surface area contributed by atoms with Crippen molar-refractivity contribution in [2.75, 3.05) is 0 Å². The first-order valence-electron chi connectivity index (χ1n) is 6.06. The van der Waals surface area contributed by atoms with Crippen molar-refractivity contribution in [1.29, 1.82) is 5.26 Å². The number of amides is 2. The summed E-state index contributed by atoms with van der Waals surface area (Å²) in [6.45, 7) is 4.44. The van der Waals surface area contributed by atoms with Crippen molar-refractivity contribution in [1.82, 2.24) is 4.90 Å². The molecule has 0 heterocycles. The van der Waals surface area contributed by atoms with Crippen molar-refractivity contribution in [3.05, 3.63) is 35.1 Å². The minimum absolute atomic E-state index is 0.155. The van der Waals surface area contributed by atoms with E-state index in [4.69, 9.17) is 15.1 Å². The van der Waals surface area contributed by atoms with Gasteiger partial charge in [0.25, 0.3) is 0 Å². The molecular formula is C14H15FN2O4. The van der Waals surface area contributed by atoms with Crippen LogP contribution in [0.2, 0.25) is 0 Å². The van der Waals surface area contributed by atoms with Crippen LogP contribution in [-0.4, -0.2) is 27.8 Å². The highest BCUT2D eigenvalue weighted by molar-refractivity contribution is 5.86. The molecule has 112 valence electrons. The van der Waals surface area contributed by atoms with Gasteiger partial charge in [0.05, 0.1) is 12.1 Å². The lowest BCUT2D eigenvalue weighted by Gasteiger charge is -2.24. The summed E-state index contributed by atoms with van der Waals surface area (Å²) in [6, 6.07) is 5.27. The van der Waals surface area contributed by atoms with Crippen LogP contribution in [0, 0.1) is 17.1 Å². The molecule has 0 spiro atoms. The number of halogens is 1. The summed E-state index contributed by atoms with van der Waals surface area (Å²) in [5.74, 6) is -0.774. The number of rotatable bonds is 2. The number of hydrogen-bond acceptors (Lipinski definition) is 4. The van der Waals surface area contributed by atoms with Crippen molar-refractivity contribution in [2.45, 2.75) is 32.9 Å². The smallest absolute Gasteiger partial charge is 0.420 e. The minimum Gasteiger partial charge on any atom is -0.465 e. The Kier molecular flexibility index (Phi) is 4.87. The Morgan fingerprint density at radius 3 is 2.48 bits per heavy atom. The number of ether oxygens (including phenoxy) is 1. The summed E-state index contributed by atoms with van der Waals surface area (Å²) in [4.78, 5) is 23.3. The van der Waals surface area contributed by atoms with Crippen LogP contribution >= 0.6 is 0 Å². The Hall–Kier alpha value is -2.62. The predicted molar refractivity (Wildman–Crippen MR) is 70.9 cm³/mol. The first-order chi connectivity index (χ1) is 9.64. The Labute approximate surface area is 121 Å². The average molecular weight is 294 g/mol. The summed E-state index contributed by atoms with van der Waals surface area (Å²) >= 11 is 0. The SMILES string of the molecule is CC(C)(C)OC(=O)N(Cc1ccc(C#N)c(F)c1)C(=O)O. The molecule has 1 aromatic rings. The van der Waals surface area contributed by atoms with E-state index in [1.807, 2.05) is 0 Å². The van der Waals surface area contributed by atoms with Gasteiger partial charge in [-0.1, -0.05) is 6.07 Å². The van der Waals surface area contributed by atoms with Crippen LogP contribution in [0.25, 0.3) is 0 Å². The number of carboxylic acid groups (broad SMARTS) is 1. The molecule has 6 nitrogen and oxygen atoms in total. The van der Waals surface area contributed by atoms with Gasteiger partial charge in [0.1, 0.15) is 17.5 Å². The molecule has 0 unspecified atom stereocenters.